The number of nitrogens with one attached hydrogen (secondary N) is 2. The van der Waals surface area contributed by atoms with E-state index in [4.69, 9.17) is 4.42 Å². The van der Waals surface area contributed by atoms with Crippen LogP contribution in [0.5, 0.6) is 5.75 Å². The molecule has 10 nitrogen and oxygen atoms in total. The number of non-ortho nitro benzene ring substituents is 1. The monoisotopic (exact) mass is 450 g/mol. The molecule has 32 heavy (non-hydrogen) atoms. The molecule has 0 saturated carbocycles. The number of para-hydroxylation sites is 2. The van der Waals surface area contributed by atoms with Gasteiger partial charge < -0.3 is 14.8 Å². The van der Waals surface area contributed by atoms with E-state index < -0.39 is 16.1 Å². The molecule has 1 heterocycles. The first-order valence-electron chi connectivity index (χ1n) is 9.12. The van der Waals surface area contributed by atoms with Crippen LogP contribution in [-0.2, 0) is 0 Å². The fraction of sp³-hybridized carbons (Fsp3) is 0. The first kappa shape index (κ1) is 20.9. The lowest BCUT2D eigenvalue weighted by Gasteiger charge is -2.08. The fourth-order valence-corrected chi connectivity index (χ4v) is 3.29. The number of nitro groups is 1. The van der Waals surface area contributed by atoms with E-state index in [0.29, 0.717) is 28.7 Å². The van der Waals surface area contributed by atoms with Crippen LogP contribution >= 0.6 is 11.9 Å². The molecule has 0 fully saturated rings. The van der Waals surface area contributed by atoms with E-state index in [1.807, 2.05) is 6.07 Å². The largest absolute Gasteiger partial charge is 0.507 e. The number of aromatic nitrogens is 1. The number of carbonyl (C=O) groups is 2. The second-order valence-electron chi connectivity index (χ2n) is 6.47. The van der Waals surface area contributed by atoms with Crippen molar-refractivity contribution in [2.24, 2.45) is 0 Å². The highest BCUT2D eigenvalue weighted by Gasteiger charge is 2.15. The number of hydrogen-bond acceptors (Lipinski definition) is 8. The minimum Gasteiger partial charge on any atom is -0.507 e. The molecule has 2 amide bonds. The van der Waals surface area contributed by atoms with Gasteiger partial charge in [-0.15, -0.1) is 0 Å². The highest BCUT2D eigenvalue weighted by atomic mass is 32.2. The molecule has 0 saturated heterocycles. The Kier molecular flexibility index (Phi) is 5.73. The lowest BCUT2D eigenvalue weighted by atomic mass is 10.1. The van der Waals surface area contributed by atoms with E-state index in [0.717, 1.165) is 0 Å². The molecule has 3 N–H and O–H groups in total. The standard InChI is InChI=1S/C21H14N4O6S/c26-17-10-7-13(11-15(17)19-23-16-3-1-2-4-18(16)31-19)22-21(28)24-32-20(27)12-5-8-14(9-6-12)25(29)30/h1-11,26H,(H2,22,24,28). The van der Waals surface area contributed by atoms with Gasteiger partial charge >= 0.3 is 6.03 Å². The number of fused-ring (bicyclic) bond motifs is 1. The van der Waals surface area contributed by atoms with Crippen molar-refractivity contribution < 1.29 is 24.0 Å². The van der Waals surface area contributed by atoms with Crippen molar-refractivity contribution in [3.8, 4) is 17.2 Å². The van der Waals surface area contributed by atoms with Crippen LogP contribution in [0.3, 0.4) is 0 Å². The van der Waals surface area contributed by atoms with E-state index in [2.05, 4.69) is 15.0 Å². The first-order chi connectivity index (χ1) is 15.4. The number of nitrogens with zero attached hydrogens (tertiary/aromatic N) is 2. The maximum Gasteiger partial charge on any atom is 0.329 e. The van der Waals surface area contributed by atoms with Gasteiger partial charge in [0.2, 0.25) is 11.0 Å². The fourth-order valence-electron chi connectivity index (χ4n) is 2.80. The van der Waals surface area contributed by atoms with Gasteiger partial charge in [-0.05, 0) is 42.5 Å². The maximum atomic E-state index is 12.2. The zero-order chi connectivity index (χ0) is 22.7. The van der Waals surface area contributed by atoms with Gasteiger partial charge in [0.1, 0.15) is 11.3 Å². The number of aromatic hydroxyl groups is 1. The van der Waals surface area contributed by atoms with Crippen molar-refractivity contribution in [3.05, 3.63) is 82.4 Å². The van der Waals surface area contributed by atoms with Crippen molar-refractivity contribution >= 4 is 45.6 Å². The molecule has 0 aliphatic rings. The average Bonchev–Trinajstić information content (AvgIpc) is 3.23. The maximum absolute atomic E-state index is 12.2. The SMILES string of the molecule is O=C(NSC(=O)c1ccc([N+](=O)[O-])cc1)Nc1ccc(O)c(-c2nc3ccccc3o2)c1. The highest BCUT2D eigenvalue weighted by molar-refractivity contribution is 8.12. The van der Waals surface area contributed by atoms with Crippen LogP contribution in [0.25, 0.3) is 22.6 Å². The van der Waals surface area contributed by atoms with Crippen molar-refractivity contribution in [2.75, 3.05) is 5.32 Å². The molecule has 4 rings (SSSR count). The number of nitro benzene ring substituents is 1. The zero-order valence-electron chi connectivity index (χ0n) is 16.1. The van der Waals surface area contributed by atoms with Crippen LogP contribution < -0.4 is 10.0 Å². The molecule has 0 bridgehead atoms. The summed E-state index contributed by atoms with van der Waals surface area (Å²) in [4.78, 5) is 38.8. The number of hydrogen-bond donors (Lipinski definition) is 3. The molecular weight excluding hydrogens is 436 g/mol. The van der Waals surface area contributed by atoms with Gasteiger partial charge in [-0.2, -0.15) is 0 Å². The molecular formula is C21H14N4O6S. The molecule has 160 valence electrons. The van der Waals surface area contributed by atoms with E-state index in [1.165, 1.54) is 42.5 Å². The molecule has 0 atom stereocenters. The van der Waals surface area contributed by atoms with Crippen LogP contribution in [0.1, 0.15) is 10.4 Å². The third kappa shape index (κ3) is 4.52. The van der Waals surface area contributed by atoms with Gasteiger partial charge in [0.05, 0.1) is 10.5 Å². The van der Waals surface area contributed by atoms with Gasteiger partial charge in [0, 0.05) is 35.3 Å². The predicted octanol–water partition coefficient (Wildman–Crippen LogP) is 4.72. The molecule has 1 aromatic heterocycles. The number of urea groups is 1. The molecule has 0 unspecified atom stereocenters. The zero-order valence-corrected chi connectivity index (χ0v) is 17.0. The second-order valence-corrected chi connectivity index (χ2v) is 7.25. The quantitative estimate of drug-likeness (QED) is 0.175. The van der Waals surface area contributed by atoms with Crippen molar-refractivity contribution in [1.82, 2.24) is 9.71 Å². The lowest BCUT2D eigenvalue weighted by Crippen LogP contribution is -2.24. The van der Waals surface area contributed by atoms with Gasteiger partial charge in [-0.3, -0.25) is 19.6 Å². The van der Waals surface area contributed by atoms with Gasteiger partial charge in [0.15, 0.2) is 5.58 Å². The Hall–Kier alpha value is -4.38. The van der Waals surface area contributed by atoms with Gasteiger partial charge in [0.25, 0.3) is 5.69 Å². The Morgan fingerprint density at radius 3 is 2.53 bits per heavy atom. The average molecular weight is 450 g/mol. The summed E-state index contributed by atoms with van der Waals surface area (Å²) in [7, 11) is 0. The summed E-state index contributed by atoms with van der Waals surface area (Å²) in [5, 5.41) is 22.9. The minimum absolute atomic E-state index is 0.0785. The number of carbonyl (C=O) groups excluding carboxylic acids is 2. The predicted molar refractivity (Wildman–Crippen MR) is 118 cm³/mol. The summed E-state index contributed by atoms with van der Waals surface area (Å²) < 4.78 is 8.00. The molecule has 3 aromatic carbocycles. The third-order valence-electron chi connectivity index (χ3n) is 4.33. The summed E-state index contributed by atoms with van der Waals surface area (Å²) in [5.41, 5.74) is 1.86. The van der Waals surface area contributed by atoms with Crippen LogP contribution in [0.4, 0.5) is 16.2 Å². The number of anilines is 1. The molecule has 11 heteroatoms. The van der Waals surface area contributed by atoms with Gasteiger partial charge in [-0.1, -0.05) is 12.1 Å². The smallest absolute Gasteiger partial charge is 0.329 e. The number of phenols is 1. The lowest BCUT2D eigenvalue weighted by molar-refractivity contribution is -0.384. The summed E-state index contributed by atoms with van der Waals surface area (Å²) in [6.07, 6.45) is 0. The van der Waals surface area contributed by atoms with Crippen LogP contribution in [-0.4, -0.2) is 26.2 Å². The Bertz CT molecular complexity index is 1300. The summed E-state index contributed by atoms with van der Waals surface area (Å²) in [6, 6.07) is 15.8. The number of amides is 2. The highest BCUT2D eigenvalue weighted by Crippen LogP contribution is 2.33. The number of oxazole rings is 1. The van der Waals surface area contributed by atoms with Crippen LogP contribution in [0.2, 0.25) is 0 Å². The normalized spacial score (nSPS) is 10.6. The Morgan fingerprint density at radius 1 is 1.06 bits per heavy atom. The first-order valence-corrected chi connectivity index (χ1v) is 9.94. The van der Waals surface area contributed by atoms with Crippen molar-refractivity contribution in [3.63, 3.8) is 0 Å². The van der Waals surface area contributed by atoms with Gasteiger partial charge in [-0.25, -0.2) is 9.78 Å². The molecule has 0 aliphatic carbocycles. The Balaban J connectivity index is 1.41. The van der Waals surface area contributed by atoms with E-state index >= 15 is 0 Å². The molecule has 0 radical (unpaired) electrons. The molecule has 0 aliphatic heterocycles. The van der Waals surface area contributed by atoms with Crippen LogP contribution in [0, 0.1) is 10.1 Å². The topological polar surface area (TPSA) is 148 Å². The number of phenolic OH excluding ortho intramolecular Hbond substituents is 1. The number of rotatable bonds is 4. The van der Waals surface area contributed by atoms with E-state index in [-0.39, 0.29) is 28.5 Å². The van der Waals surface area contributed by atoms with Crippen molar-refractivity contribution in [1.29, 1.82) is 0 Å². The molecule has 0 spiro atoms. The summed E-state index contributed by atoms with van der Waals surface area (Å²) in [6.45, 7) is 0. The van der Waals surface area contributed by atoms with Crippen LogP contribution in [0.15, 0.2) is 71.1 Å². The Morgan fingerprint density at radius 2 is 1.81 bits per heavy atom. The minimum atomic E-state index is -0.681. The second kappa shape index (κ2) is 8.78. The summed E-state index contributed by atoms with van der Waals surface area (Å²) in [5.74, 6) is 0.112. The third-order valence-corrected chi connectivity index (χ3v) is 5.04. The van der Waals surface area contributed by atoms with E-state index in [9.17, 15) is 24.8 Å². The Labute approximate surface area is 184 Å². The number of benzene rings is 3. The summed E-state index contributed by atoms with van der Waals surface area (Å²) >= 11 is 0.527. The molecule has 4 aromatic rings. The van der Waals surface area contributed by atoms with E-state index in [1.54, 1.807) is 18.2 Å². The van der Waals surface area contributed by atoms with Crippen molar-refractivity contribution in [2.45, 2.75) is 0 Å².